The molecule has 1 N–H and O–H groups in total. The van der Waals surface area contributed by atoms with Crippen LogP contribution in [0.1, 0.15) is 31.7 Å². The van der Waals surface area contributed by atoms with Crippen molar-refractivity contribution in [2.45, 2.75) is 26.2 Å². The molecule has 0 aliphatic carbocycles. The summed E-state index contributed by atoms with van der Waals surface area (Å²) in [5, 5.41) is 9.45. The number of rotatable bonds is 4. The van der Waals surface area contributed by atoms with Crippen molar-refractivity contribution in [1.82, 2.24) is 0 Å². The SMILES string of the molecule is CCOC(=O)CCCC#Cc1ccccc1O. The van der Waals surface area contributed by atoms with Gasteiger partial charge in [0.15, 0.2) is 0 Å². The number of hydrogen-bond donors (Lipinski definition) is 1. The molecule has 0 aromatic heterocycles. The predicted octanol–water partition coefficient (Wildman–Crippen LogP) is 2.48. The molecular formula is C14H16O3. The summed E-state index contributed by atoms with van der Waals surface area (Å²) in [7, 11) is 0. The molecule has 3 nitrogen and oxygen atoms in total. The van der Waals surface area contributed by atoms with Crippen LogP contribution in [-0.2, 0) is 9.53 Å². The van der Waals surface area contributed by atoms with Crippen LogP contribution >= 0.6 is 0 Å². The standard InChI is InChI=1S/C14H16O3/c1-2-17-14(16)11-5-3-4-8-12-9-6-7-10-13(12)15/h6-7,9-10,15H,2-3,5,11H2,1H3. The van der Waals surface area contributed by atoms with Crippen LogP contribution in [0.5, 0.6) is 5.75 Å². The molecule has 0 atom stereocenters. The quantitative estimate of drug-likeness (QED) is 0.493. The fraction of sp³-hybridized carbons (Fsp3) is 0.357. The first kappa shape index (κ1) is 13.1. The number of carbonyl (C=O) groups is 1. The number of unbranched alkanes of at least 4 members (excludes halogenated alkanes) is 1. The minimum Gasteiger partial charge on any atom is -0.507 e. The highest BCUT2D eigenvalue weighted by Gasteiger charge is 1.99. The molecule has 3 heteroatoms. The maximum Gasteiger partial charge on any atom is 0.305 e. The topological polar surface area (TPSA) is 46.5 Å². The van der Waals surface area contributed by atoms with E-state index >= 15 is 0 Å². The Morgan fingerprint density at radius 1 is 1.41 bits per heavy atom. The molecule has 0 amide bonds. The minimum atomic E-state index is -0.183. The largest absolute Gasteiger partial charge is 0.507 e. The average molecular weight is 232 g/mol. The molecule has 90 valence electrons. The van der Waals surface area contributed by atoms with E-state index in [2.05, 4.69) is 11.8 Å². The van der Waals surface area contributed by atoms with Crippen molar-refractivity contribution in [3.05, 3.63) is 29.8 Å². The first-order valence-electron chi connectivity index (χ1n) is 5.66. The molecule has 0 saturated carbocycles. The Labute approximate surface area is 101 Å². The summed E-state index contributed by atoms with van der Waals surface area (Å²) < 4.78 is 4.80. The fourth-order valence-corrected chi connectivity index (χ4v) is 1.29. The van der Waals surface area contributed by atoms with Gasteiger partial charge in [0.2, 0.25) is 0 Å². The van der Waals surface area contributed by atoms with E-state index in [9.17, 15) is 9.90 Å². The molecule has 0 bridgehead atoms. The Balaban J connectivity index is 2.32. The molecule has 0 aliphatic heterocycles. The molecule has 0 spiro atoms. The van der Waals surface area contributed by atoms with Gasteiger partial charge in [0, 0.05) is 12.8 Å². The number of carbonyl (C=O) groups excluding carboxylic acids is 1. The second-order valence-electron chi connectivity index (χ2n) is 3.48. The van der Waals surface area contributed by atoms with Gasteiger partial charge in [0.1, 0.15) is 5.75 Å². The van der Waals surface area contributed by atoms with Gasteiger partial charge in [-0.15, -0.1) is 0 Å². The highest BCUT2D eigenvalue weighted by Crippen LogP contribution is 2.13. The number of para-hydroxylation sites is 1. The van der Waals surface area contributed by atoms with Gasteiger partial charge >= 0.3 is 5.97 Å². The van der Waals surface area contributed by atoms with Gasteiger partial charge in [-0.3, -0.25) is 4.79 Å². The zero-order chi connectivity index (χ0) is 12.5. The van der Waals surface area contributed by atoms with E-state index in [0.717, 1.165) is 0 Å². The number of benzene rings is 1. The van der Waals surface area contributed by atoms with Crippen LogP contribution in [0, 0.1) is 11.8 Å². The summed E-state index contributed by atoms with van der Waals surface area (Å²) in [5.41, 5.74) is 0.614. The monoisotopic (exact) mass is 232 g/mol. The lowest BCUT2D eigenvalue weighted by atomic mass is 10.2. The van der Waals surface area contributed by atoms with E-state index in [4.69, 9.17) is 4.74 Å². The Bertz CT molecular complexity index is 427. The van der Waals surface area contributed by atoms with Crippen LogP contribution < -0.4 is 0 Å². The number of phenols is 1. The molecule has 0 fully saturated rings. The summed E-state index contributed by atoms with van der Waals surface area (Å²) in [5.74, 6) is 5.79. The highest BCUT2D eigenvalue weighted by molar-refractivity contribution is 5.69. The highest BCUT2D eigenvalue weighted by atomic mass is 16.5. The van der Waals surface area contributed by atoms with Crippen LogP contribution in [0.3, 0.4) is 0 Å². The Hall–Kier alpha value is -1.95. The Kier molecular flexibility index (Phi) is 5.67. The van der Waals surface area contributed by atoms with Gasteiger partial charge in [-0.2, -0.15) is 0 Å². The zero-order valence-electron chi connectivity index (χ0n) is 9.90. The third-order valence-electron chi connectivity index (χ3n) is 2.12. The first-order valence-corrected chi connectivity index (χ1v) is 5.66. The Morgan fingerprint density at radius 2 is 2.18 bits per heavy atom. The number of hydrogen-bond acceptors (Lipinski definition) is 3. The van der Waals surface area contributed by atoms with E-state index < -0.39 is 0 Å². The molecule has 1 aromatic rings. The smallest absolute Gasteiger partial charge is 0.305 e. The Morgan fingerprint density at radius 3 is 2.88 bits per heavy atom. The van der Waals surface area contributed by atoms with Crippen molar-refractivity contribution >= 4 is 5.97 Å². The summed E-state index contributed by atoms with van der Waals surface area (Å²) in [4.78, 5) is 11.0. The van der Waals surface area contributed by atoms with Crippen molar-refractivity contribution in [2.24, 2.45) is 0 Å². The van der Waals surface area contributed by atoms with Crippen molar-refractivity contribution in [1.29, 1.82) is 0 Å². The second kappa shape index (κ2) is 7.34. The van der Waals surface area contributed by atoms with Crippen molar-refractivity contribution in [3.63, 3.8) is 0 Å². The maximum atomic E-state index is 11.0. The van der Waals surface area contributed by atoms with Crippen molar-refractivity contribution in [2.75, 3.05) is 6.61 Å². The lowest BCUT2D eigenvalue weighted by Gasteiger charge is -1.98. The molecule has 0 unspecified atom stereocenters. The first-order chi connectivity index (χ1) is 8.24. The van der Waals surface area contributed by atoms with Gasteiger partial charge in [-0.25, -0.2) is 0 Å². The third kappa shape index (κ3) is 5.07. The second-order valence-corrected chi connectivity index (χ2v) is 3.48. The molecule has 17 heavy (non-hydrogen) atoms. The number of phenolic OH excluding ortho intramolecular Hbond substituents is 1. The lowest BCUT2D eigenvalue weighted by Crippen LogP contribution is -2.02. The lowest BCUT2D eigenvalue weighted by molar-refractivity contribution is -0.143. The van der Waals surface area contributed by atoms with Crippen LogP contribution in [-0.4, -0.2) is 17.7 Å². The normalized spacial score (nSPS) is 9.24. The summed E-state index contributed by atoms with van der Waals surface area (Å²) in [6.07, 6.45) is 1.69. The molecule has 0 aliphatic rings. The van der Waals surface area contributed by atoms with E-state index in [1.54, 1.807) is 25.1 Å². The van der Waals surface area contributed by atoms with Gasteiger partial charge in [0.05, 0.1) is 12.2 Å². The molecule has 0 saturated heterocycles. The number of esters is 1. The summed E-state index contributed by atoms with van der Waals surface area (Å²) in [6.45, 7) is 2.21. The fourth-order valence-electron chi connectivity index (χ4n) is 1.29. The molecule has 0 heterocycles. The van der Waals surface area contributed by atoms with E-state index in [-0.39, 0.29) is 11.7 Å². The van der Waals surface area contributed by atoms with Crippen LogP contribution in [0.25, 0.3) is 0 Å². The van der Waals surface area contributed by atoms with Gasteiger partial charge in [0.25, 0.3) is 0 Å². The van der Waals surface area contributed by atoms with Gasteiger partial charge in [-0.05, 0) is 25.5 Å². The van der Waals surface area contributed by atoms with Gasteiger partial charge < -0.3 is 9.84 Å². The van der Waals surface area contributed by atoms with E-state index in [1.807, 2.05) is 6.07 Å². The molecule has 0 radical (unpaired) electrons. The third-order valence-corrected chi connectivity index (χ3v) is 2.12. The van der Waals surface area contributed by atoms with Crippen molar-refractivity contribution in [3.8, 4) is 17.6 Å². The maximum absolute atomic E-state index is 11.0. The average Bonchev–Trinajstić information content (AvgIpc) is 2.31. The van der Waals surface area contributed by atoms with Crippen molar-refractivity contribution < 1.29 is 14.6 Å². The summed E-state index contributed by atoms with van der Waals surface area (Å²) in [6, 6.07) is 6.93. The van der Waals surface area contributed by atoms with Crippen LogP contribution in [0.4, 0.5) is 0 Å². The van der Waals surface area contributed by atoms with Crippen LogP contribution in [0.15, 0.2) is 24.3 Å². The molecule has 1 aromatic carbocycles. The number of aromatic hydroxyl groups is 1. The predicted molar refractivity (Wildman–Crippen MR) is 65.5 cm³/mol. The molecule has 1 rings (SSSR count). The van der Waals surface area contributed by atoms with E-state index in [0.29, 0.717) is 31.4 Å². The molecular weight excluding hydrogens is 216 g/mol. The van der Waals surface area contributed by atoms with Crippen LogP contribution in [0.2, 0.25) is 0 Å². The van der Waals surface area contributed by atoms with Gasteiger partial charge in [-0.1, -0.05) is 24.0 Å². The minimum absolute atomic E-state index is 0.183. The summed E-state index contributed by atoms with van der Waals surface area (Å²) >= 11 is 0. The zero-order valence-corrected chi connectivity index (χ0v) is 9.90. The van der Waals surface area contributed by atoms with E-state index in [1.165, 1.54) is 0 Å². The number of ether oxygens (including phenoxy) is 1.